The third kappa shape index (κ3) is 3.81. The number of aryl methyl sites for hydroxylation is 1. The number of anilines is 1. The Balaban J connectivity index is 1.55. The molecular formula is C21H21FN4O2. The van der Waals surface area contributed by atoms with Gasteiger partial charge in [-0.1, -0.05) is 22.9 Å². The van der Waals surface area contributed by atoms with Crippen LogP contribution in [-0.4, -0.2) is 17.1 Å². The number of aromatic nitrogens is 1. The Kier molecular flexibility index (Phi) is 4.93. The van der Waals surface area contributed by atoms with E-state index in [2.05, 4.69) is 34.3 Å². The van der Waals surface area contributed by atoms with E-state index in [-0.39, 0.29) is 23.5 Å². The molecule has 0 spiro atoms. The second kappa shape index (κ2) is 7.53. The first-order valence-corrected chi connectivity index (χ1v) is 9.15. The van der Waals surface area contributed by atoms with E-state index < -0.39 is 0 Å². The van der Waals surface area contributed by atoms with Crippen molar-refractivity contribution >= 4 is 11.6 Å². The minimum atomic E-state index is -0.384. The molecule has 2 unspecified atom stereocenters. The van der Waals surface area contributed by atoms with Crippen LogP contribution < -0.4 is 16.2 Å². The second-order valence-corrected chi connectivity index (χ2v) is 7.11. The van der Waals surface area contributed by atoms with E-state index in [0.717, 1.165) is 23.2 Å². The molecule has 3 aromatic rings. The molecule has 0 aliphatic carbocycles. The normalized spacial score (nSPS) is 19.0. The molecule has 3 N–H and O–H groups in total. The number of nitrogens with one attached hydrogen (secondary N) is 3. The average molecular weight is 380 g/mol. The number of carbonyl (C=O) groups excluding carboxylic acids is 1. The van der Waals surface area contributed by atoms with Gasteiger partial charge >= 0.3 is 0 Å². The number of rotatable bonds is 4. The first-order chi connectivity index (χ1) is 13.5. The molecule has 28 heavy (non-hydrogen) atoms. The van der Waals surface area contributed by atoms with E-state index in [4.69, 9.17) is 4.52 Å². The highest BCUT2D eigenvalue weighted by molar-refractivity contribution is 6.03. The summed E-state index contributed by atoms with van der Waals surface area (Å²) in [4.78, 5) is 12.7. The molecule has 2 atom stereocenters. The molecule has 144 valence electrons. The van der Waals surface area contributed by atoms with Gasteiger partial charge in [0, 0.05) is 29.4 Å². The summed E-state index contributed by atoms with van der Waals surface area (Å²) in [5.41, 5.74) is 10.5. The summed E-state index contributed by atoms with van der Waals surface area (Å²) in [6.45, 7) is 4.12. The summed E-state index contributed by atoms with van der Waals surface area (Å²) in [6.07, 6.45) is 0.920. The molecule has 1 fully saturated rings. The zero-order valence-corrected chi connectivity index (χ0v) is 15.6. The number of amides is 1. The maximum atomic E-state index is 13.1. The molecule has 1 saturated heterocycles. The van der Waals surface area contributed by atoms with E-state index in [1.54, 1.807) is 18.2 Å². The number of halogens is 1. The van der Waals surface area contributed by atoms with E-state index in [1.807, 2.05) is 19.1 Å². The fraction of sp³-hybridized carbons (Fsp3) is 0.238. The Morgan fingerprint density at radius 2 is 1.96 bits per heavy atom. The number of carbonyl (C=O) groups is 1. The van der Waals surface area contributed by atoms with Crippen LogP contribution in [0.3, 0.4) is 0 Å². The van der Waals surface area contributed by atoms with Gasteiger partial charge in [-0.25, -0.2) is 9.82 Å². The fourth-order valence-electron chi connectivity index (χ4n) is 3.33. The molecule has 4 rings (SSSR count). The Morgan fingerprint density at radius 3 is 2.68 bits per heavy atom. The van der Waals surface area contributed by atoms with Crippen molar-refractivity contribution in [3.05, 3.63) is 71.2 Å². The third-order valence-electron chi connectivity index (χ3n) is 4.80. The monoisotopic (exact) mass is 380 g/mol. The lowest BCUT2D eigenvalue weighted by molar-refractivity contribution is 0.0988. The molecule has 7 heteroatoms. The van der Waals surface area contributed by atoms with Crippen LogP contribution in [0.1, 0.15) is 41.1 Å². The minimum absolute atomic E-state index is 0.0942. The summed E-state index contributed by atoms with van der Waals surface area (Å²) in [6, 6.07) is 13.8. The van der Waals surface area contributed by atoms with Gasteiger partial charge in [0.25, 0.3) is 5.91 Å². The maximum absolute atomic E-state index is 13.1. The topological polar surface area (TPSA) is 79.2 Å². The predicted octanol–water partition coefficient (Wildman–Crippen LogP) is 3.97. The molecule has 2 heterocycles. The molecule has 0 radical (unpaired) electrons. The lowest BCUT2D eigenvalue weighted by atomic mass is 9.98. The summed E-state index contributed by atoms with van der Waals surface area (Å²) < 4.78 is 18.3. The average Bonchev–Trinajstić information content (AvgIpc) is 3.33. The van der Waals surface area contributed by atoms with E-state index in [1.165, 1.54) is 12.1 Å². The Bertz CT molecular complexity index is 1000. The van der Waals surface area contributed by atoms with Gasteiger partial charge in [-0.2, -0.15) is 0 Å². The van der Waals surface area contributed by atoms with Crippen LogP contribution in [0.2, 0.25) is 0 Å². The van der Waals surface area contributed by atoms with Crippen LogP contribution >= 0.6 is 0 Å². The SMILES string of the molecule is Cc1ccc(NC(=O)c2cc(-c3ccc(F)cc3)no2)c(C2CC(C)NN2)c1. The number of hydrogen-bond acceptors (Lipinski definition) is 5. The second-order valence-electron chi connectivity index (χ2n) is 7.11. The first kappa shape index (κ1) is 18.3. The van der Waals surface area contributed by atoms with Crippen LogP contribution in [0.15, 0.2) is 53.1 Å². The highest BCUT2D eigenvalue weighted by atomic mass is 19.1. The first-order valence-electron chi connectivity index (χ1n) is 9.15. The molecule has 2 aromatic carbocycles. The highest BCUT2D eigenvalue weighted by Crippen LogP contribution is 2.30. The van der Waals surface area contributed by atoms with Crippen molar-refractivity contribution in [1.29, 1.82) is 0 Å². The quantitative estimate of drug-likeness (QED) is 0.638. The van der Waals surface area contributed by atoms with Crippen LogP contribution in [0.5, 0.6) is 0 Å². The number of benzene rings is 2. The zero-order chi connectivity index (χ0) is 19.7. The van der Waals surface area contributed by atoms with Crippen molar-refractivity contribution in [1.82, 2.24) is 16.0 Å². The van der Waals surface area contributed by atoms with Gasteiger partial charge in [-0.3, -0.25) is 10.2 Å². The van der Waals surface area contributed by atoms with E-state index >= 15 is 0 Å². The molecule has 1 aliphatic rings. The molecule has 0 bridgehead atoms. The zero-order valence-electron chi connectivity index (χ0n) is 15.6. The molecule has 1 aliphatic heterocycles. The van der Waals surface area contributed by atoms with Gasteiger partial charge in [0.15, 0.2) is 0 Å². The standard InChI is InChI=1S/C21H21FN4O2/c1-12-3-8-17(16(9-12)19-10-13(2)24-25-19)23-21(27)20-11-18(26-28-20)14-4-6-15(22)7-5-14/h3-9,11,13,19,24-25H,10H2,1-2H3,(H,23,27). The van der Waals surface area contributed by atoms with Gasteiger partial charge < -0.3 is 9.84 Å². The number of hydrogen-bond donors (Lipinski definition) is 3. The Labute approximate surface area is 162 Å². The lowest BCUT2D eigenvalue weighted by Crippen LogP contribution is -2.29. The van der Waals surface area contributed by atoms with Crippen molar-refractivity contribution in [3.8, 4) is 11.3 Å². The minimum Gasteiger partial charge on any atom is -0.350 e. The molecule has 0 saturated carbocycles. The van der Waals surface area contributed by atoms with E-state index in [9.17, 15) is 9.18 Å². The summed E-state index contributed by atoms with van der Waals surface area (Å²) in [7, 11) is 0. The molecule has 6 nitrogen and oxygen atoms in total. The predicted molar refractivity (Wildman–Crippen MR) is 104 cm³/mol. The summed E-state index contributed by atoms with van der Waals surface area (Å²) in [5, 5.41) is 6.84. The van der Waals surface area contributed by atoms with Crippen LogP contribution in [0, 0.1) is 12.7 Å². The van der Waals surface area contributed by atoms with Gasteiger partial charge in [0.1, 0.15) is 11.5 Å². The Morgan fingerprint density at radius 1 is 1.18 bits per heavy atom. The van der Waals surface area contributed by atoms with Crippen LogP contribution in [0.4, 0.5) is 10.1 Å². The lowest BCUT2D eigenvalue weighted by Gasteiger charge is -2.16. The maximum Gasteiger partial charge on any atom is 0.294 e. The molecular weight excluding hydrogens is 359 g/mol. The van der Waals surface area contributed by atoms with Crippen molar-refractivity contribution in [2.45, 2.75) is 32.4 Å². The number of hydrazine groups is 1. The van der Waals surface area contributed by atoms with Crippen molar-refractivity contribution < 1.29 is 13.7 Å². The third-order valence-corrected chi connectivity index (χ3v) is 4.80. The molecule has 1 amide bonds. The Hall–Kier alpha value is -3.03. The smallest absolute Gasteiger partial charge is 0.294 e. The summed E-state index contributed by atoms with van der Waals surface area (Å²) >= 11 is 0. The molecule has 1 aromatic heterocycles. The van der Waals surface area contributed by atoms with Crippen molar-refractivity contribution in [2.75, 3.05) is 5.32 Å². The van der Waals surface area contributed by atoms with Gasteiger partial charge in [0.2, 0.25) is 5.76 Å². The van der Waals surface area contributed by atoms with Crippen molar-refractivity contribution in [2.24, 2.45) is 0 Å². The van der Waals surface area contributed by atoms with Gasteiger partial charge in [0.05, 0.1) is 0 Å². The highest BCUT2D eigenvalue weighted by Gasteiger charge is 2.25. The van der Waals surface area contributed by atoms with E-state index in [0.29, 0.717) is 17.3 Å². The van der Waals surface area contributed by atoms with Crippen molar-refractivity contribution in [3.63, 3.8) is 0 Å². The summed E-state index contributed by atoms with van der Waals surface area (Å²) in [5.74, 6) is -0.622. The van der Waals surface area contributed by atoms with Crippen LogP contribution in [-0.2, 0) is 0 Å². The largest absolute Gasteiger partial charge is 0.350 e. The van der Waals surface area contributed by atoms with Gasteiger partial charge in [-0.15, -0.1) is 0 Å². The fourth-order valence-corrected chi connectivity index (χ4v) is 3.33. The van der Waals surface area contributed by atoms with Crippen LogP contribution in [0.25, 0.3) is 11.3 Å². The van der Waals surface area contributed by atoms with Gasteiger partial charge in [-0.05, 0) is 56.2 Å². The number of nitrogens with zero attached hydrogens (tertiary/aromatic N) is 1.